The van der Waals surface area contributed by atoms with Crippen molar-refractivity contribution in [1.29, 1.82) is 0 Å². The summed E-state index contributed by atoms with van der Waals surface area (Å²) in [6.07, 6.45) is 8.11. The lowest BCUT2D eigenvalue weighted by molar-refractivity contribution is -0.123. The summed E-state index contributed by atoms with van der Waals surface area (Å²) >= 11 is 0. The summed E-state index contributed by atoms with van der Waals surface area (Å²) in [6.45, 7) is 0. The standard InChI is InChI=1S/C20H25BN4O4/c26-19(25-18(21(28)29)12-15-7-4-8-15)16(11-14-5-2-1-3-6-14)24-20(27)17-13-22-9-10-23-17/h1-3,5-6,9-10,13,15-16,18,28-29H,4,7-8,11-12H2,(H,24,27)(H,25,26)/t16-,18-/m0/s1. The van der Waals surface area contributed by atoms with Gasteiger partial charge in [0.2, 0.25) is 5.91 Å². The van der Waals surface area contributed by atoms with Gasteiger partial charge in [-0.2, -0.15) is 0 Å². The first-order valence-corrected chi connectivity index (χ1v) is 9.80. The summed E-state index contributed by atoms with van der Waals surface area (Å²) in [6, 6.07) is 8.41. The van der Waals surface area contributed by atoms with Crippen LogP contribution in [0.2, 0.25) is 0 Å². The SMILES string of the molecule is O=C(N[C@@H](Cc1ccccc1)C(=O)N[C@@H](CC1CCC1)B(O)O)c1cnccn1. The number of benzene rings is 1. The maximum atomic E-state index is 12.9. The number of nitrogens with one attached hydrogen (secondary N) is 2. The number of carbonyl (C=O) groups is 2. The molecule has 0 unspecified atom stereocenters. The molecule has 0 spiro atoms. The van der Waals surface area contributed by atoms with Gasteiger partial charge in [0, 0.05) is 18.8 Å². The largest absolute Gasteiger partial charge is 0.475 e. The van der Waals surface area contributed by atoms with Gasteiger partial charge in [-0.25, -0.2) is 4.98 Å². The molecular formula is C20H25BN4O4. The highest BCUT2D eigenvalue weighted by Gasteiger charge is 2.33. The summed E-state index contributed by atoms with van der Waals surface area (Å²) in [7, 11) is -1.66. The van der Waals surface area contributed by atoms with Crippen LogP contribution in [-0.2, 0) is 11.2 Å². The van der Waals surface area contributed by atoms with Crippen LogP contribution in [0.3, 0.4) is 0 Å². The van der Waals surface area contributed by atoms with Gasteiger partial charge in [0.05, 0.1) is 12.1 Å². The molecule has 1 aromatic heterocycles. The van der Waals surface area contributed by atoms with Gasteiger partial charge in [0.1, 0.15) is 11.7 Å². The first-order valence-electron chi connectivity index (χ1n) is 9.80. The zero-order valence-electron chi connectivity index (χ0n) is 16.1. The lowest BCUT2D eigenvalue weighted by atomic mass is 9.69. The Balaban J connectivity index is 1.71. The second-order valence-electron chi connectivity index (χ2n) is 7.37. The summed E-state index contributed by atoms with van der Waals surface area (Å²) in [4.78, 5) is 33.3. The Morgan fingerprint density at radius 1 is 1.14 bits per heavy atom. The number of aromatic nitrogens is 2. The molecule has 29 heavy (non-hydrogen) atoms. The number of nitrogens with zero attached hydrogens (tertiary/aromatic N) is 2. The number of carbonyl (C=O) groups excluding carboxylic acids is 2. The van der Waals surface area contributed by atoms with Gasteiger partial charge in [0.15, 0.2) is 0 Å². The molecule has 2 aromatic rings. The van der Waals surface area contributed by atoms with Gasteiger partial charge >= 0.3 is 7.12 Å². The molecule has 1 fully saturated rings. The third-order valence-electron chi connectivity index (χ3n) is 5.20. The van der Waals surface area contributed by atoms with Gasteiger partial charge in [-0.3, -0.25) is 14.6 Å². The normalized spacial score (nSPS) is 15.7. The molecule has 152 valence electrons. The van der Waals surface area contributed by atoms with E-state index in [2.05, 4.69) is 20.6 Å². The lowest BCUT2D eigenvalue weighted by Crippen LogP contribution is -2.55. The van der Waals surface area contributed by atoms with E-state index >= 15 is 0 Å². The Bertz CT molecular complexity index is 803. The molecule has 1 aromatic carbocycles. The van der Waals surface area contributed by atoms with E-state index < -0.39 is 30.9 Å². The topological polar surface area (TPSA) is 124 Å². The molecule has 8 nitrogen and oxygen atoms in total. The minimum absolute atomic E-state index is 0.103. The molecule has 1 aliphatic rings. The fraction of sp³-hybridized carbons (Fsp3) is 0.400. The predicted octanol–water partition coefficient (Wildman–Crippen LogP) is 0.505. The Morgan fingerprint density at radius 2 is 1.90 bits per heavy atom. The molecule has 1 aliphatic carbocycles. The summed E-state index contributed by atoms with van der Waals surface area (Å²) in [5, 5.41) is 24.8. The van der Waals surface area contributed by atoms with E-state index in [9.17, 15) is 19.6 Å². The number of amides is 2. The number of hydrogen-bond acceptors (Lipinski definition) is 6. The summed E-state index contributed by atoms with van der Waals surface area (Å²) in [5.41, 5.74) is 0.971. The molecule has 0 radical (unpaired) electrons. The monoisotopic (exact) mass is 396 g/mol. The second kappa shape index (κ2) is 10.1. The van der Waals surface area contributed by atoms with E-state index in [-0.39, 0.29) is 12.1 Å². The van der Waals surface area contributed by atoms with Crippen molar-refractivity contribution in [3.05, 3.63) is 60.2 Å². The summed E-state index contributed by atoms with van der Waals surface area (Å²) < 4.78 is 0. The Morgan fingerprint density at radius 3 is 2.48 bits per heavy atom. The van der Waals surface area contributed by atoms with E-state index in [1.165, 1.54) is 18.6 Å². The van der Waals surface area contributed by atoms with Gasteiger partial charge < -0.3 is 20.7 Å². The zero-order chi connectivity index (χ0) is 20.6. The average Bonchev–Trinajstić information content (AvgIpc) is 2.70. The quantitative estimate of drug-likeness (QED) is 0.458. The highest BCUT2D eigenvalue weighted by atomic mass is 16.4. The van der Waals surface area contributed by atoms with Crippen LogP contribution < -0.4 is 10.6 Å². The first kappa shape index (κ1) is 20.9. The van der Waals surface area contributed by atoms with E-state index in [1.54, 1.807) is 0 Å². The molecule has 0 saturated heterocycles. The molecule has 2 atom stereocenters. The van der Waals surface area contributed by atoms with Gasteiger partial charge in [-0.15, -0.1) is 0 Å². The molecule has 0 bridgehead atoms. The van der Waals surface area contributed by atoms with Crippen molar-refractivity contribution >= 4 is 18.9 Å². The Labute approximate surface area is 169 Å². The van der Waals surface area contributed by atoms with Crippen LogP contribution in [0.15, 0.2) is 48.9 Å². The van der Waals surface area contributed by atoms with Crippen molar-refractivity contribution in [3.63, 3.8) is 0 Å². The van der Waals surface area contributed by atoms with Crippen LogP contribution in [0.25, 0.3) is 0 Å². The van der Waals surface area contributed by atoms with Crippen LogP contribution in [0.1, 0.15) is 41.7 Å². The number of hydrogen-bond donors (Lipinski definition) is 4. The van der Waals surface area contributed by atoms with Crippen molar-refractivity contribution in [2.24, 2.45) is 5.92 Å². The van der Waals surface area contributed by atoms with Crippen LogP contribution in [0.4, 0.5) is 0 Å². The summed E-state index contributed by atoms with van der Waals surface area (Å²) in [5.74, 6) is -1.39. The van der Waals surface area contributed by atoms with Crippen molar-refractivity contribution in [2.75, 3.05) is 0 Å². The van der Waals surface area contributed by atoms with E-state index in [1.807, 2.05) is 30.3 Å². The van der Waals surface area contributed by atoms with E-state index in [0.29, 0.717) is 12.3 Å². The lowest BCUT2D eigenvalue weighted by Gasteiger charge is -2.30. The predicted molar refractivity (Wildman–Crippen MR) is 108 cm³/mol. The minimum atomic E-state index is -1.66. The smallest absolute Gasteiger partial charge is 0.426 e. The third kappa shape index (κ3) is 6.10. The fourth-order valence-electron chi connectivity index (χ4n) is 3.33. The highest BCUT2D eigenvalue weighted by molar-refractivity contribution is 6.43. The molecular weight excluding hydrogens is 371 g/mol. The molecule has 1 saturated carbocycles. The van der Waals surface area contributed by atoms with E-state index in [4.69, 9.17) is 0 Å². The molecule has 3 rings (SSSR count). The average molecular weight is 396 g/mol. The van der Waals surface area contributed by atoms with Gasteiger partial charge in [0.25, 0.3) is 5.91 Å². The Hall–Kier alpha value is -2.78. The van der Waals surface area contributed by atoms with Crippen molar-refractivity contribution in [2.45, 2.75) is 44.1 Å². The van der Waals surface area contributed by atoms with Gasteiger partial charge in [-0.05, 0) is 17.9 Å². The van der Waals surface area contributed by atoms with Crippen molar-refractivity contribution in [1.82, 2.24) is 20.6 Å². The van der Waals surface area contributed by atoms with Crippen LogP contribution in [0, 0.1) is 5.92 Å². The van der Waals surface area contributed by atoms with Crippen molar-refractivity contribution < 1.29 is 19.6 Å². The highest BCUT2D eigenvalue weighted by Crippen LogP contribution is 2.30. The maximum absolute atomic E-state index is 12.9. The zero-order valence-corrected chi connectivity index (χ0v) is 16.1. The first-order chi connectivity index (χ1) is 14.0. The molecule has 0 aliphatic heterocycles. The maximum Gasteiger partial charge on any atom is 0.475 e. The molecule has 2 amide bonds. The van der Waals surface area contributed by atoms with Crippen LogP contribution in [-0.4, -0.2) is 50.9 Å². The Kier molecular flexibility index (Phi) is 7.32. The second-order valence-corrected chi connectivity index (χ2v) is 7.37. The number of rotatable bonds is 9. The van der Waals surface area contributed by atoms with E-state index in [0.717, 1.165) is 24.8 Å². The molecule has 1 heterocycles. The minimum Gasteiger partial charge on any atom is -0.426 e. The van der Waals surface area contributed by atoms with Crippen LogP contribution >= 0.6 is 0 Å². The third-order valence-corrected chi connectivity index (χ3v) is 5.20. The molecule has 9 heteroatoms. The van der Waals surface area contributed by atoms with Crippen LogP contribution in [0.5, 0.6) is 0 Å². The van der Waals surface area contributed by atoms with Gasteiger partial charge in [-0.1, -0.05) is 49.6 Å². The fourth-order valence-corrected chi connectivity index (χ4v) is 3.33. The van der Waals surface area contributed by atoms with Crippen molar-refractivity contribution in [3.8, 4) is 0 Å². The molecule has 4 N–H and O–H groups in total.